The summed E-state index contributed by atoms with van der Waals surface area (Å²) >= 11 is 5.69. The van der Waals surface area contributed by atoms with Crippen LogP contribution in [0.1, 0.15) is 28.2 Å². The number of nitrogens with one attached hydrogen (secondary N) is 1. The standard InChI is InChI=1S/C13H19ClN2O2/c1-9-6-10(2)15-12(7-9)13(17)16-11(4-5-14)8-18-3/h6-7,11H,4-5,8H2,1-3H3,(H,16,17). The van der Waals surface area contributed by atoms with Gasteiger partial charge in [0.25, 0.3) is 5.91 Å². The van der Waals surface area contributed by atoms with Gasteiger partial charge in [-0.05, 0) is 38.0 Å². The van der Waals surface area contributed by atoms with E-state index in [1.807, 2.05) is 19.9 Å². The van der Waals surface area contributed by atoms with Crippen molar-refractivity contribution in [1.82, 2.24) is 10.3 Å². The number of nitrogens with zero attached hydrogens (tertiary/aromatic N) is 1. The molecule has 1 atom stereocenters. The van der Waals surface area contributed by atoms with Gasteiger partial charge < -0.3 is 10.1 Å². The molecule has 1 aromatic heterocycles. The summed E-state index contributed by atoms with van der Waals surface area (Å²) in [4.78, 5) is 16.3. The highest BCUT2D eigenvalue weighted by atomic mass is 35.5. The van der Waals surface area contributed by atoms with Crippen LogP contribution in [0.3, 0.4) is 0 Å². The lowest BCUT2D eigenvalue weighted by Crippen LogP contribution is -2.38. The predicted molar refractivity (Wildman–Crippen MR) is 72.2 cm³/mol. The number of rotatable bonds is 6. The van der Waals surface area contributed by atoms with Gasteiger partial charge in [-0.15, -0.1) is 11.6 Å². The molecule has 1 amide bonds. The maximum absolute atomic E-state index is 12.0. The lowest BCUT2D eigenvalue weighted by atomic mass is 10.2. The first-order chi connectivity index (χ1) is 8.56. The van der Waals surface area contributed by atoms with Crippen molar-refractivity contribution < 1.29 is 9.53 Å². The van der Waals surface area contributed by atoms with Crippen molar-refractivity contribution in [3.63, 3.8) is 0 Å². The molecule has 5 heteroatoms. The second-order valence-electron chi connectivity index (χ2n) is 4.27. The lowest BCUT2D eigenvalue weighted by molar-refractivity contribution is 0.0890. The molecule has 0 aliphatic heterocycles. The number of alkyl halides is 1. The van der Waals surface area contributed by atoms with E-state index in [0.717, 1.165) is 11.3 Å². The van der Waals surface area contributed by atoms with E-state index < -0.39 is 0 Å². The number of methoxy groups -OCH3 is 1. The molecule has 18 heavy (non-hydrogen) atoms. The lowest BCUT2D eigenvalue weighted by Gasteiger charge is -2.16. The first-order valence-corrected chi connectivity index (χ1v) is 6.41. The number of ether oxygens (including phenoxy) is 1. The van der Waals surface area contributed by atoms with Crippen LogP contribution in [0.2, 0.25) is 0 Å². The molecule has 1 aromatic rings. The minimum atomic E-state index is -0.186. The number of pyridine rings is 1. The second kappa shape index (κ2) is 7.34. The molecule has 1 N–H and O–H groups in total. The molecule has 0 fully saturated rings. The van der Waals surface area contributed by atoms with Crippen LogP contribution in [0.5, 0.6) is 0 Å². The number of aromatic nitrogens is 1. The highest BCUT2D eigenvalue weighted by Crippen LogP contribution is 2.05. The molecule has 0 aromatic carbocycles. The second-order valence-corrected chi connectivity index (χ2v) is 4.65. The third-order valence-electron chi connectivity index (χ3n) is 2.49. The number of amides is 1. The molecule has 1 heterocycles. The van der Waals surface area contributed by atoms with Gasteiger partial charge in [0.05, 0.1) is 12.6 Å². The van der Waals surface area contributed by atoms with Gasteiger partial charge in [0, 0.05) is 18.7 Å². The molecule has 0 aliphatic rings. The smallest absolute Gasteiger partial charge is 0.270 e. The van der Waals surface area contributed by atoms with Crippen LogP contribution in [0.15, 0.2) is 12.1 Å². The van der Waals surface area contributed by atoms with E-state index >= 15 is 0 Å². The number of hydrogen-bond acceptors (Lipinski definition) is 3. The van der Waals surface area contributed by atoms with Crippen LogP contribution in [0.4, 0.5) is 0 Å². The fourth-order valence-corrected chi connectivity index (χ4v) is 2.01. The van der Waals surface area contributed by atoms with Crippen molar-refractivity contribution in [2.75, 3.05) is 19.6 Å². The summed E-state index contributed by atoms with van der Waals surface area (Å²) < 4.78 is 5.05. The Balaban J connectivity index is 2.73. The van der Waals surface area contributed by atoms with Crippen molar-refractivity contribution in [3.8, 4) is 0 Å². The van der Waals surface area contributed by atoms with Crippen molar-refractivity contribution in [2.45, 2.75) is 26.3 Å². The topological polar surface area (TPSA) is 51.2 Å². The molecule has 0 spiro atoms. The van der Waals surface area contributed by atoms with E-state index in [0.29, 0.717) is 24.6 Å². The Bertz CT molecular complexity index is 384. The Labute approximate surface area is 113 Å². The van der Waals surface area contributed by atoms with E-state index in [1.165, 1.54) is 0 Å². The Morgan fingerprint density at radius 3 is 2.78 bits per heavy atom. The van der Waals surface area contributed by atoms with Gasteiger partial charge in [0.1, 0.15) is 5.69 Å². The molecular weight excluding hydrogens is 252 g/mol. The molecule has 4 nitrogen and oxygen atoms in total. The molecular formula is C13H19ClN2O2. The molecule has 0 bridgehead atoms. The minimum absolute atomic E-state index is 0.0809. The summed E-state index contributed by atoms with van der Waals surface area (Å²) in [5, 5.41) is 2.88. The van der Waals surface area contributed by atoms with Gasteiger partial charge in [0.2, 0.25) is 0 Å². The largest absolute Gasteiger partial charge is 0.383 e. The number of aryl methyl sites for hydroxylation is 2. The fourth-order valence-electron chi connectivity index (χ4n) is 1.75. The Hall–Kier alpha value is -1.13. The van der Waals surface area contributed by atoms with E-state index in [-0.39, 0.29) is 11.9 Å². The van der Waals surface area contributed by atoms with Crippen molar-refractivity contribution in [2.24, 2.45) is 0 Å². The van der Waals surface area contributed by atoms with Gasteiger partial charge >= 0.3 is 0 Å². The van der Waals surface area contributed by atoms with E-state index in [2.05, 4.69) is 10.3 Å². The van der Waals surface area contributed by atoms with Gasteiger partial charge in [-0.3, -0.25) is 4.79 Å². The van der Waals surface area contributed by atoms with Crippen LogP contribution in [-0.2, 0) is 4.74 Å². The van der Waals surface area contributed by atoms with Gasteiger partial charge in [-0.1, -0.05) is 0 Å². The minimum Gasteiger partial charge on any atom is -0.383 e. The summed E-state index contributed by atoms with van der Waals surface area (Å²) in [7, 11) is 1.60. The van der Waals surface area contributed by atoms with Crippen LogP contribution >= 0.6 is 11.6 Å². The number of hydrogen-bond donors (Lipinski definition) is 1. The summed E-state index contributed by atoms with van der Waals surface area (Å²) in [6.07, 6.45) is 0.673. The zero-order valence-electron chi connectivity index (χ0n) is 11.0. The quantitative estimate of drug-likeness (QED) is 0.805. The van der Waals surface area contributed by atoms with Crippen molar-refractivity contribution in [3.05, 3.63) is 29.1 Å². The fraction of sp³-hybridized carbons (Fsp3) is 0.538. The zero-order chi connectivity index (χ0) is 13.5. The summed E-state index contributed by atoms with van der Waals surface area (Å²) in [5.74, 6) is 0.295. The molecule has 0 aliphatic carbocycles. The Morgan fingerprint density at radius 1 is 1.50 bits per heavy atom. The molecule has 1 rings (SSSR count). The summed E-state index contributed by atoms with van der Waals surface area (Å²) in [5.41, 5.74) is 2.29. The molecule has 0 saturated carbocycles. The molecule has 100 valence electrons. The van der Waals surface area contributed by atoms with Crippen molar-refractivity contribution in [1.29, 1.82) is 0 Å². The summed E-state index contributed by atoms with van der Waals surface area (Å²) in [6.45, 7) is 4.26. The van der Waals surface area contributed by atoms with E-state index in [1.54, 1.807) is 13.2 Å². The van der Waals surface area contributed by atoms with E-state index in [9.17, 15) is 4.79 Å². The molecule has 1 unspecified atom stereocenters. The van der Waals surface area contributed by atoms with Crippen LogP contribution in [-0.4, -0.2) is 36.5 Å². The third-order valence-corrected chi connectivity index (χ3v) is 2.71. The van der Waals surface area contributed by atoms with Crippen molar-refractivity contribution >= 4 is 17.5 Å². The average molecular weight is 271 g/mol. The maximum atomic E-state index is 12.0. The van der Waals surface area contributed by atoms with Gasteiger partial charge in [0.15, 0.2) is 0 Å². The van der Waals surface area contributed by atoms with Crippen LogP contribution < -0.4 is 5.32 Å². The predicted octanol–water partition coefficient (Wildman–Crippen LogP) is 2.07. The third kappa shape index (κ3) is 4.63. The zero-order valence-corrected chi connectivity index (χ0v) is 11.8. The number of carbonyl (C=O) groups is 1. The monoisotopic (exact) mass is 270 g/mol. The highest BCUT2D eigenvalue weighted by Gasteiger charge is 2.14. The molecule has 0 saturated heterocycles. The maximum Gasteiger partial charge on any atom is 0.270 e. The van der Waals surface area contributed by atoms with Gasteiger partial charge in [-0.2, -0.15) is 0 Å². The molecule has 0 radical (unpaired) electrons. The number of halogens is 1. The summed E-state index contributed by atoms with van der Waals surface area (Å²) in [6, 6.07) is 3.62. The van der Waals surface area contributed by atoms with Gasteiger partial charge in [-0.25, -0.2) is 4.98 Å². The van der Waals surface area contributed by atoms with Crippen LogP contribution in [0, 0.1) is 13.8 Å². The Morgan fingerprint density at radius 2 is 2.22 bits per heavy atom. The highest BCUT2D eigenvalue weighted by molar-refractivity contribution is 6.17. The number of carbonyl (C=O) groups excluding carboxylic acids is 1. The first-order valence-electron chi connectivity index (χ1n) is 5.88. The normalized spacial score (nSPS) is 12.2. The van der Waals surface area contributed by atoms with E-state index in [4.69, 9.17) is 16.3 Å². The SMILES string of the molecule is COCC(CCCl)NC(=O)c1cc(C)cc(C)n1. The Kier molecular flexibility index (Phi) is 6.09. The average Bonchev–Trinajstić information content (AvgIpc) is 2.28. The first kappa shape index (κ1) is 14.9. The van der Waals surface area contributed by atoms with Crippen LogP contribution in [0.25, 0.3) is 0 Å².